The van der Waals surface area contributed by atoms with Crippen molar-refractivity contribution in [2.45, 2.75) is 19.8 Å². The first-order valence-electron chi connectivity index (χ1n) is 6.81. The van der Waals surface area contributed by atoms with Gasteiger partial charge in [0.25, 0.3) is 0 Å². The summed E-state index contributed by atoms with van der Waals surface area (Å²) in [6.45, 7) is 2.39. The van der Waals surface area contributed by atoms with Gasteiger partial charge in [-0.3, -0.25) is 4.79 Å². The van der Waals surface area contributed by atoms with E-state index < -0.39 is 0 Å². The van der Waals surface area contributed by atoms with E-state index in [2.05, 4.69) is 20.6 Å². The molecule has 114 valence electrons. The summed E-state index contributed by atoms with van der Waals surface area (Å²) in [5.74, 6) is 0.715. The van der Waals surface area contributed by atoms with Crippen LogP contribution in [0.5, 0.6) is 0 Å². The molecule has 22 heavy (non-hydrogen) atoms. The van der Waals surface area contributed by atoms with Crippen molar-refractivity contribution in [3.63, 3.8) is 0 Å². The summed E-state index contributed by atoms with van der Waals surface area (Å²) >= 11 is 7.52. The van der Waals surface area contributed by atoms with Crippen LogP contribution < -0.4 is 5.32 Å². The van der Waals surface area contributed by atoms with Crippen molar-refractivity contribution in [2.24, 2.45) is 0 Å². The molecular weight excluding hydrogens is 322 g/mol. The highest BCUT2D eigenvalue weighted by atomic mass is 35.5. The van der Waals surface area contributed by atoms with Gasteiger partial charge < -0.3 is 5.32 Å². The van der Waals surface area contributed by atoms with Gasteiger partial charge in [0.15, 0.2) is 5.82 Å². The Balaban J connectivity index is 1.52. The Morgan fingerprint density at radius 2 is 2.18 bits per heavy atom. The molecule has 0 fully saturated rings. The van der Waals surface area contributed by atoms with E-state index in [-0.39, 0.29) is 12.3 Å². The summed E-state index contributed by atoms with van der Waals surface area (Å²) in [7, 11) is 0. The smallest absolute Gasteiger partial charge is 0.234 e. The topological polar surface area (TPSA) is 72.2 Å². The first kappa shape index (κ1) is 14.9. The Morgan fingerprint density at radius 3 is 2.95 bits per heavy atom. The fourth-order valence-corrected chi connectivity index (χ4v) is 3.12. The number of carbonyl (C=O) groups is 1. The van der Waals surface area contributed by atoms with Gasteiger partial charge in [-0.15, -0.1) is 10.2 Å². The van der Waals surface area contributed by atoms with E-state index in [4.69, 9.17) is 11.6 Å². The highest BCUT2D eigenvalue weighted by molar-refractivity contribution is 7.16. The Hall–Kier alpha value is -1.99. The Bertz CT molecular complexity index is 813. The van der Waals surface area contributed by atoms with E-state index in [1.807, 2.05) is 25.1 Å². The monoisotopic (exact) mass is 335 g/mol. The predicted octanol–water partition coefficient (Wildman–Crippen LogP) is 2.05. The first-order valence-corrected chi connectivity index (χ1v) is 8.01. The molecule has 0 spiro atoms. The van der Waals surface area contributed by atoms with Gasteiger partial charge >= 0.3 is 0 Å². The molecule has 0 aliphatic rings. The quantitative estimate of drug-likeness (QED) is 0.774. The molecule has 2 aromatic heterocycles. The molecule has 0 radical (unpaired) electrons. The van der Waals surface area contributed by atoms with Crippen LogP contribution in [0, 0.1) is 6.92 Å². The van der Waals surface area contributed by atoms with Crippen molar-refractivity contribution < 1.29 is 4.79 Å². The molecule has 0 bridgehead atoms. The van der Waals surface area contributed by atoms with Gasteiger partial charge in [0.1, 0.15) is 5.01 Å². The molecule has 2 heterocycles. The third kappa shape index (κ3) is 3.26. The van der Waals surface area contributed by atoms with Crippen LogP contribution in [0.4, 0.5) is 0 Å². The molecule has 1 N–H and O–H groups in total. The van der Waals surface area contributed by atoms with Crippen molar-refractivity contribution in [1.82, 2.24) is 25.1 Å². The summed E-state index contributed by atoms with van der Waals surface area (Å²) in [6.07, 6.45) is 0.950. The SMILES string of the molecule is Cc1nnc2sc(CCNC(=O)Cc3ccccc3Cl)nn12. The molecule has 0 aliphatic carbocycles. The summed E-state index contributed by atoms with van der Waals surface area (Å²) in [6, 6.07) is 7.36. The van der Waals surface area contributed by atoms with Gasteiger partial charge in [-0.25, -0.2) is 0 Å². The number of hydrogen-bond donors (Lipinski definition) is 1. The van der Waals surface area contributed by atoms with Crippen molar-refractivity contribution in [1.29, 1.82) is 0 Å². The molecule has 0 unspecified atom stereocenters. The van der Waals surface area contributed by atoms with Crippen LogP contribution in [-0.2, 0) is 17.6 Å². The van der Waals surface area contributed by atoms with Crippen LogP contribution in [0.25, 0.3) is 4.96 Å². The number of aryl methyl sites for hydroxylation is 1. The second-order valence-electron chi connectivity index (χ2n) is 4.81. The maximum Gasteiger partial charge on any atom is 0.234 e. The number of halogens is 1. The molecule has 0 saturated heterocycles. The molecule has 1 amide bonds. The first-order chi connectivity index (χ1) is 10.6. The lowest BCUT2D eigenvalue weighted by Crippen LogP contribution is -2.27. The van der Waals surface area contributed by atoms with E-state index >= 15 is 0 Å². The Kier molecular flexibility index (Phi) is 4.35. The highest BCUT2D eigenvalue weighted by Crippen LogP contribution is 2.15. The molecule has 0 aliphatic heterocycles. The maximum absolute atomic E-state index is 11.9. The number of benzene rings is 1. The summed E-state index contributed by atoms with van der Waals surface area (Å²) in [4.78, 5) is 12.7. The van der Waals surface area contributed by atoms with Crippen LogP contribution in [0.3, 0.4) is 0 Å². The lowest BCUT2D eigenvalue weighted by molar-refractivity contribution is -0.120. The normalized spacial score (nSPS) is 11.0. The second-order valence-corrected chi connectivity index (χ2v) is 6.25. The lowest BCUT2D eigenvalue weighted by atomic mass is 10.1. The standard InChI is InChI=1S/C14H14ClN5OS/c1-9-17-18-14-20(9)19-13(22-14)6-7-16-12(21)8-10-4-2-3-5-11(10)15/h2-5H,6-8H2,1H3,(H,16,21). The van der Waals surface area contributed by atoms with Crippen LogP contribution in [0.15, 0.2) is 24.3 Å². The van der Waals surface area contributed by atoms with Gasteiger partial charge in [-0.05, 0) is 18.6 Å². The molecule has 0 saturated carbocycles. The molecule has 1 aromatic carbocycles. The Labute approximate surface area is 136 Å². The Morgan fingerprint density at radius 1 is 1.36 bits per heavy atom. The summed E-state index contributed by atoms with van der Waals surface area (Å²) < 4.78 is 1.71. The van der Waals surface area contributed by atoms with E-state index in [0.29, 0.717) is 18.0 Å². The van der Waals surface area contributed by atoms with Crippen LogP contribution in [0.2, 0.25) is 5.02 Å². The minimum absolute atomic E-state index is 0.0488. The van der Waals surface area contributed by atoms with Gasteiger partial charge in [-0.2, -0.15) is 9.61 Å². The number of amides is 1. The molecule has 6 nitrogen and oxygen atoms in total. The molecule has 3 rings (SSSR count). The average molecular weight is 336 g/mol. The fraction of sp³-hybridized carbons (Fsp3) is 0.286. The van der Waals surface area contributed by atoms with Crippen LogP contribution in [0.1, 0.15) is 16.4 Å². The zero-order chi connectivity index (χ0) is 15.5. The average Bonchev–Trinajstić information content (AvgIpc) is 3.04. The molecule has 8 heteroatoms. The zero-order valence-corrected chi connectivity index (χ0v) is 13.5. The number of fused-ring (bicyclic) bond motifs is 1. The third-order valence-corrected chi connectivity index (χ3v) is 4.49. The minimum Gasteiger partial charge on any atom is -0.355 e. The largest absolute Gasteiger partial charge is 0.355 e. The number of rotatable bonds is 5. The van der Waals surface area contributed by atoms with Gasteiger partial charge in [0.05, 0.1) is 6.42 Å². The fourth-order valence-electron chi connectivity index (χ4n) is 2.04. The van der Waals surface area contributed by atoms with Crippen LogP contribution >= 0.6 is 22.9 Å². The van der Waals surface area contributed by atoms with Crippen molar-refractivity contribution >= 4 is 33.8 Å². The van der Waals surface area contributed by atoms with E-state index in [9.17, 15) is 4.79 Å². The van der Waals surface area contributed by atoms with Crippen molar-refractivity contribution in [3.05, 3.63) is 45.7 Å². The summed E-state index contributed by atoms with van der Waals surface area (Å²) in [5, 5.41) is 16.8. The second kappa shape index (κ2) is 6.41. The van der Waals surface area contributed by atoms with Crippen molar-refractivity contribution in [2.75, 3.05) is 6.54 Å². The zero-order valence-electron chi connectivity index (χ0n) is 11.9. The number of nitrogens with one attached hydrogen (secondary N) is 1. The van der Waals surface area contributed by atoms with Gasteiger partial charge in [-0.1, -0.05) is 41.1 Å². The molecule has 0 atom stereocenters. The maximum atomic E-state index is 11.9. The number of aromatic nitrogens is 4. The summed E-state index contributed by atoms with van der Waals surface area (Å²) in [5.41, 5.74) is 0.830. The van der Waals surface area contributed by atoms with E-state index in [0.717, 1.165) is 21.4 Å². The number of nitrogens with zero attached hydrogens (tertiary/aromatic N) is 4. The predicted molar refractivity (Wildman–Crippen MR) is 85.3 cm³/mol. The lowest BCUT2D eigenvalue weighted by Gasteiger charge is -2.05. The van der Waals surface area contributed by atoms with E-state index in [1.165, 1.54) is 11.3 Å². The van der Waals surface area contributed by atoms with E-state index in [1.54, 1.807) is 10.6 Å². The number of carbonyl (C=O) groups excluding carboxylic acids is 1. The number of hydrogen-bond acceptors (Lipinski definition) is 5. The highest BCUT2D eigenvalue weighted by Gasteiger charge is 2.10. The van der Waals surface area contributed by atoms with Crippen molar-refractivity contribution in [3.8, 4) is 0 Å². The molecule has 3 aromatic rings. The molecular formula is C14H14ClN5OS. The third-order valence-electron chi connectivity index (χ3n) is 3.16. The van der Waals surface area contributed by atoms with Crippen LogP contribution in [-0.4, -0.2) is 32.3 Å². The van der Waals surface area contributed by atoms with Gasteiger partial charge in [0, 0.05) is 18.0 Å². The minimum atomic E-state index is -0.0488. The van der Waals surface area contributed by atoms with Gasteiger partial charge in [0.2, 0.25) is 10.9 Å².